The van der Waals surface area contributed by atoms with Crippen molar-refractivity contribution >= 4 is 22.9 Å². The topological polar surface area (TPSA) is 49.3 Å². The Kier molecular flexibility index (Phi) is 3.20. The average molecular weight is 300 g/mol. The smallest absolute Gasteiger partial charge is 0.229 e. The molecule has 4 heterocycles. The Morgan fingerprint density at radius 3 is 2.90 bits per heavy atom. The van der Waals surface area contributed by atoms with Crippen LogP contribution in [0, 0.1) is 0 Å². The van der Waals surface area contributed by atoms with Crippen LogP contribution in [0.2, 0.25) is 0 Å². The van der Waals surface area contributed by atoms with Crippen molar-refractivity contribution in [1.82, 2.24) is 14.9 Å². The molecule has 0 unspecified atom stereocenters. The molecule has 0 radical (unpaired) electrons. The highest BCUT2D eigenvalue weighted by Gasteiger charge is 2.47. The summed E-state index contributed by atoms with van der Waals surface area (Å²) in [7, 11) is 0. The number of nitrogens with zero attached hydrogens (tertiary/aromatic N) is 4. The monoisotopic (exact) mass is 300 g/mol. The average Bonchev–Trinajstić information content (AvgIpc) is 3.19. The molecule has 108 valence electrons. The maximum atomic E-state index is 12.4. The number of likely N-dealkylation sites (tertiary alicyclic amines) is 1. The number of hydrogen-bond donors (Lipinski definition) is 0. The Labute approximate surface area is 127 Å². The van der Waals surface area contributed by atoms with Crippen molar-refractivity contribution in [1.29, 1.82) is 0 Å². The second kappa shape index (κ2) is 5.20. The molecule has 6 heteroatoms. The highest BCUT2D eigenvalue weighted by atomic mass is 32.1. The van der Waals surface area contributed by atoms with Gasteiger partial charge in [0.2, 0.25) is 5.91 Å². The maximum absolute atomic E-state index is 12.4. The first-order chi connectivity index (χ1) is 10.3. The van der Waals surface area contributed by atoms with Gasteiger partial charge in [-0.1, -0.05) is 6.07 Å². The van der Waals surface area contributed by atoms with E-state index >= 15 is 0 Å². The van der Waals surface area contributed by atoms with Crippen LogP contribution in [0.25, 0.3) is 0 Å². The molecule has 2 fully saturated rings. The molecule has 2 saturated heterocycles. The molecule has 2 aliphatic rings. The summed E-state index contributed by atoms with van der Waals surface area (Å²) in [5, 5.41) is 2.11. The number of aromatic nitrogens is 2. The van der Waals surface area contributed by atoms with Gasteiger partial charge < -0.3 is 4.90 Å². The van der Waals surface area contributed by atoms with Gasteiger partial charge in [-0.25, -0.2) is 9.97 Å². The van der Waals surface area contributed by atoms with E-state index in [0.29, 0.717) is 12.5 Å². The summed E-state index contributed by atoms with van der Waals surface area (Å²) >= 11 is 1.78. The number of rotatable bonds is 3. The first-order valence-corrected chi connectivity index (χ1v) is 8.04. The lowest BCUT2D eigenvalue weighted by Gasteiger charge is -2.24. The minimum atomic E-state index is 0.190. The summed E-state index contributed by atoms with van der Waals surface area (Å²) in [5.74, 6) is 0.190. The van der Waals surface area contributed by atoms with Gasteiger partial charge in [-0.05, 0) is 17.9 Å². The van der Waals surface area contributed by atoms with E-state index in [9.17, 15) is 4.79 Å². The SMILES string of the molecule is O=C1C[C@H]2[C@H](CCN2Cc2cccs2)N1c1cncnc1. The fourth-order valence-electron chi connectivity index (χ4n) is 3.48. The van der Waals surface area contributed by atoms with Crippen molar-refractivity contribution < 1.29 is 4.79 Å². The predicted octanol–water partition coefficient (Wildman–Crippen LogP) is 1.92. The van der Waals surface area contributed by atoms with E-state index in [0.717, 1.165) is 25.2 Å². The van der Waals surface area contributed by atoms with Crippen LogP contribution in [0.3, 0.4) is 0 Å². The van der Waals surface area contributed by atoms with Gasteiger partial charge in [-0.2, -0.15) is 0 Å². The summed E-state index contributed by atoms with van der Waals surface area (Å²) in [6.45, 7) is 2.00. The van der Waals surface area contributed by atoms with Gasteiger partial charge in [0.25, 0.3) is 0 Å². The number of carbonyl (C=O) groups is 1. The Balaban J connectivity index is 1.55. The largest absolute Gasteiger partial charge is 0.305 e. The number of anilines is 1. The zero-order valence-corrected chi connectivity index (χ0v) is 12.4. The maximum Gasteiger partial charge on any atom is 0.229 e. The molecule has 2 aliphatic heterocycles. The van der Waals surface area contributed by atoms with Crippen LogP contribution in [0.1, 0.15) is 17.7 Å². The number of amides is 1. The molecule has 4 rings (SSSR count). The van der Waals surface area contributed by atoms with E-state index in [-0.39, 0.29) is 11.9 Å². The lowest BCUT2D eigenvalue weighted by atomic mass is 10.1. The summed E-state index contributed by atoms with van der Waals surface area (Å²) < 4.78 is 0. The molecule has 0 aromatic carbocycles. The molecule has 0 aliphatic carbocycles. The normalized spacial score (nSPS) is 25.5. The van der Waals surface area contributed by atoms with Gasteiger partial charge >= 0.3 is 0 Å². The third-order valence-electron chi connectivity index (χ3n) is 4.37. The first kappa shape index (κ1) is 12.9. The molecule has 1 amide bonds. The van der Waals surface area contributed by atoms with Crippen molar-refractivity contribution in [3.8, 4) is 0 Å². The molecule has 0 spiro atoms. The molecule has 2 atom stereocenters. The highest BCUT2D eigenvalue weighted by molar-refractivity contribution is 7.09. The lowest BCUT2D eigenvalue weighted by molar-refractivity contribution is -0.117. The minimum Gasteiger partial charge on any atom is -0.305 e. The Hall–Kier alpha value is -1.79. The molecule has 0 saturated carbocycles. The number of thiophene rings is 1. The summed E-state index contributed by atoms with van der Waals surface area (Å²) in [6, 6.07) is 4.83. The van der Waals surface area contributed by atoms with E-state index in [1.54, 1.807) is 23.7 Å². The van der Waals surface area contributed by atoms with Crippen molar-refractivity contribution in [3.05, 3.63) is 41.1 Å². The van der Waals surface area contributed by atoms with E-state index in [1.807, 2.05) is 4.90 Å². The molecule has 2 aromatic heterocycles. The number of fused-ring (bicyclic) bond motifs is 1. The quantitative estimate of drug-likeness (QED) is 0.869. The molecule has 0 N–H and O–H groups in total. The predicted molar refractivity (Wildman–Crippen MR) is 81.1 cm³/mol. The van der Waals surface area contributed by atoms with Crippen LogP contribution < -0.4 is 4.90 Å². The van der Waals surface area contributed by atoms with Gasteiger partial charge in [0.1, 0.15) is 6.33 Å². The third-order valence-corrected chi connectivity index (χ3v) is 5.23. The third kappa shape index (κ3) is 2.24. The second-order valence-electron chi connectivity index (χ2n) is 5.54. The Morgan fingerprint density at radius 1 is 1.29 bits per heavy atom. The number of hydrogen-bond acceptors (Lipinski definition) is 5. The number of carbonyl (C=O) groups excluding carboxylic acids is 1. The van der Waals surface area contributed by atoms with Gasteiger partial charge in [0.05, 0.1) is 24.1 Å². The molecule has 0 bridgehead atoms. The van der Waals surface area contributed by atoms with Gasteiger partial charge in [0, 0.05) is 30.4 Å². The molecular weight excluding hydrogens is 284 g/mol. The van der Waals surface area contributed by atoms with Crippen LogP contribution in [0.15, 0.2) is 36.2 Å². The highest BCUT2D eigenvalue weighted by Crippen LogP contribution is 2.36. The molecule has 21 heavy (non-hydrogen) atoms. The summed E-state index contributed by atoms with van der Waals surface area (Å²) in [5.41, 5.74) is 0.827. The summed E-state index contributed by atoms with van der Waals surface area (Å²) in [4.78, 5) is 26.2. The molecule has 2 aromatic rings. The Morgan fingerprint density at radius 2 is 2.14 bits per heavy atom. The van der Waals surface area contributed by atoms with E-state index < -0.39 is 0 Å². The first-order valence-electron chi connectivity index (χ1n) is 7.16. The van der Waals surface area contributed by atoms with Gasteiger partial charge in [-0.3, -0.25) is 9.69 Å². The van der Waals surface area contributed by atoms with Crippen molar-refractivity contribution in [2.45, 2.75) is 31.5 Å². The van der Waals surface area contributed by atoms with E-state index in [4.69, 9.17) is 0 Å². The zero-order valence-electron chi connectivity index (χ0n) is 11.6. The van der Waals surface area contributed by atoms with Crippen LogP contribution >= 0.6 is 11.3 Å². The fraction of sp³-hybridized carbons (Fsp3) is 0.400. The minimum absolute atomic E-state index is 0.190. The molecule has 5 nitrogen and oxygen atoms in total. The standard InChI is InChI=1S/C15H16N4OS/c20-15-6-14-13(19(15)11-7-16-10-17-8-11)3-4-18(14)9-12-2-1-5-21-12/h1-2,5,7-8,10,13-14H,3-4,6,9H2/t13-,14-/m0/s1. The molecular formula is C15H16N4OS. The van der Waals surface area contributed by atoms with Crippen LogP contribution in [0.4, 0.5) is 5.69 Å². The Bertz CT molecular complexity index is 630. The zero-order chi connectivity index (χ0) is 14.2. The summed E-state index contributed by atoms with van der Waals surface area (Å²) in [6.07, 6.45) is 6.59. The fourth-order valence-corrected chi connectivity index (χ4v) is 4.21. The van der Waals surface area contributed by atoms with E-state index in [2.05, 4.69) is 32.4 Å². The second-order valence-corrected chi connectivity index (χ2v) is 6.57. The van der Waals surface area contributed by atoms with Crippen molar-refractivity contribution in [3.63, 3.8) is 0 Å². The lowest BCUT2D eigenvalue weighted by Crippen LogP contribution is -2.37. The van der Waals surface area contributed by atoms with Crippen molar-refractivity contribution in [2.24, 2.45) is 0 Å². The van der Waals surface area contributed by atoms with Crippen LogP contribution in [-0.4, -0.2) is 39.4 Å². The van der Waals surface area contributed by atoms with E-state index in [1.165, 1.54) is 11.2 Å². The van der Waals surface area contributed by atoms with Crippen LogP contribution in [0.5, 0.6) is 0 Å². The van der Waals surface area contributed by atoms with Gasteiger partial charge in [0.15, 0.2) is 0 Å². The van der Waals surface area contributed by atoms with Crippen LogP contribution in [-0.2, 0) is 11.3 Å². The van der Waals surface area contributed by atoms with Gasteiger partial charge in [-0.15, -0.1) is 11.3 Å². The van der Waals surface area contributed by atoms with Crippen molar-refractivity contribution in [2.75, 3.05) is 11.4 Å².